The fraction of sp³-hybridized carbons (Fsp3) is 0.318. The Morgan fingerprint density at radius 3 is 2.43 bits per heavy atom. The molecule has 0 aliphatic rings. The molecule has 0 heterocycles. The molecule has 0 spiro atoms. The van der Waals surface area contributed by atoms with Crippen molar-refractivity contribution in [1.82, 2.24) is 5.32 Å². The number of carbonyl (C=O) groups is 3. The van der Waals surface area contributed by atoms with Crippen molar-refractivity contribution in [1.29, 1.82) is 0 Å². The summed E-state index contributed by atoms with van der Waals surface area (Å²) in [5, 5.41) is 5.21. The van der Waals surface area contributed by atoms with Crippen molar-refractivity contribution in [3.63, 3.8) is 0 Å². The summed E-state index contributed by atoms with van der Waals surface area (Å²) >= 11 is 0. The summed E-state index contributed by atoms with van der Waals surface area (Å²) in [7, 11) is 0. The van der Waals surface area contributed by atoms with Crippen LogP contribution in [0.25, 0.3) is 0 Å². The number of benzene rings is 2. The van der Waals surface area contributed by atoms with Crippen molar-refractivity contribution in [2.45, 2.75) is 33.6 Å². The molecule has 6 heteroatoms. The van der Waals surface area contributed by atoms with Crippen molar-refractivity contribution in [2.24, 2.45) is 0 Å². The van der Waals surface area contributed by atoms with E-state index in [9.17, 15) is 14.4 Å². The zero-order valence-electron chi connectivity index (χ0n) is 16.5. The maximum atomic E-state index is 12.0. The summed E-state index contributed by atoms with van der Waals surface area (Å²) in [6, 6.07) is 13.2. The Bertz CT molecular complexity index is 861. The molecule has 0 aromatic heterocycles. The van der Waals surface area contributed by atoms with Gasteiger partial charge in [-0.2, -0.15) is 0 Å². The van der Waals surface area contributed by atoms with Crippen molar-refractivity contribution in [3.05, 3.63) is 64.7 Å². The van der Waals surface area contributed by atoms with Crippen LogP contribution in [0, 0.1) is 13.8 Å². The van der Waals surface area contributed by atoms with Crippen molar-refractivity contribution in [2.75, 3.05) is 18.5 Å². The fourth-order valence-corrected chi connectivity index (χ4v) is 2.65. The van der Waals surface area contributed by atoms with Crippen LogP contribution in [-0.2, 0) is 32.0 Å². The molecule has 2 aromatic carbocycles. The van der Waals surface area contributed by atoms with Crippen LogP contribution in [0.5, 0.6) is 0 Å². The van der Waals surface area contributed by atoms with Gasteiger partial charge in [0.05, 0.1) is 13.0 Å². The van der Waals surface area contributed by atoms with Gasteiger partial charge in [0.25, 0.3) is 5.91 Å². The molecule has 0 bridgehead atoms. The third-order valence-corrected chi connectivity index (χ3v) is 4.40. The number of amides is 2. The average Bonchev–Trinajstić information content (AvgIpc) is 2.68. The van der Waals surface area contributed by atoms with Gasteiger partial charge in [-0.25, -0.2) is 0 Å². The predicted molar refractivity (Wildman–Crippen MR) is 108 cm³/mol. The maximum Gasteiger partial charge on any atom is 0.310 e. The SMILES string of the molecule is CCc1ccccc1NC(=O)CNC(=O)COC(=O)Cc1ccc(C)c(C)c1. The van der Waals surface area contributed by atoms with Crippen LogP contribution in [0.1, 0.15) is 29.2 Å². The van der Waals surface area contributed by atoms with E-state index >= 15 is 0 Å². The largest absolute Gasteiger partial charge is 0.455 e. The quantitative estimate of drug-likeness (QED) is 0.688. The number of hydrogen-bond acceptors (Lipinski definition) is 4. The summed E-state index contributed by atoms with van der Waals surface area (Å²) in [5.74, 6) is -1.34. The first-order valence-corrected chi connectivity index (χ1v) is 9.25. The van der Waals surface area contributed by atoms with Crippen LogP contribution in [0.15, 0.2) is 42.5 Å². The van der Waals surface area contributed by atoms with E-state index in [2.05, 4.69) is 10.6 Å². The minimum absolute atomic E-state index is 0.0999. The van der Waals surface area contributed by atoms with E-state index in [0.717, 1.165) is 34.4 Å². The van der Waals surface area contributed by atoms with E-state index in [-0.39, 0.29) is 18.9 Å². The molecule has 2 rings (SSSR count). The summed E-state index contributed by atoms with van der Waals surface area (Å²) in [6.07, 6.45) is 0.891. The number of hydrogen-bond donors (Lipinski definition) is 2. The number of para-hydroxylation sites is 1. The first-order valence-electron chi connectivity index (χ1n) is 9.25. The van der Waals surface area contributed by atoms with Gasteiger partial charge < -0.3 is 15.4 Å². The van der Waals surface area contributed by atoms with Gasteiger partial charge in [0, 0.05) is 5.69 Å². The normalized spacial score (nSPS) is 10.2. The fourth-order valence-electron chi connectivity index (χ4n) is 2.65. The molecule has 0 aliphatic carbocycles. The monoisotopic (exact) mass is 382 g/mol. The number of rotatable bonds is 8. The van der Waals surface area contributed by atoms with Gasteiger partial charge in [0.1, 0.15) is 0 Å². The molecule has 0 saturated heterocycles. The van der Waals surface area contributed by atoms with Crippen molar-refractivity contribution >= 4 is 23.5 Å². The summed E-state index contributed by atoms with van der Waals surface area (Å²) < 4.78 is 4.98. The molecule has 0 fully saturated rings. The number of anilines is 1. The highest BCUT2D eigenvalue weighted by Crippen LogP contribution is 2.15. The number of ether oxygens (including phenoxy) is 1. The second-order valence-corrected chi connectivity index (χ2v) is 6.59. The van der Waals surface area contributed by atoms with Gasteiger partial charge in [0.15, 0.2) is 6.61 Å². The Labute approximate surface area is 165 Å². The molecule has 2 N–H and O–H groups in total. The molecule has 0 saturated carbocycles. The average molecular weight is 382 g/mol. The molecule has 0 unspecified atom stereocenters. The molecular weight excluding hydrogens is 356 g/mol. The maximum absolute atomic E-state index is 12.0. The van der Waals surface area contributed by atoms with E-state index in [1.807, 2.05) is 63.2 Å². The number of aryl methyl sites for hydroxylation is 3. The van der Waals surface area contributed by atoms with Crippen LogP contribution >= 0.6 is 0 Å². The highest BCUT2D eigenvalue weighted by atomic mass is 16.5. The Kier molecular flexibility index (Phi) is 7.75. The Morgan fingerprint density at radius 2 is 1.71 bits per heavy atom. The minimum Gasteiger partial charge on any atom is -0.455 e. The smallest absolute Gasteiger partial charge is 0.310 e. The van der Waals surface area contributed by atoms with Gasteiger partial charge >= 0.3 is 5.97 Å². The number of nitrogens with one attached hydrogen (secondary N) is 2. The minimum atomic E-state index is -0.521. The molecule has 2 amide bonds. The van der Waals surface area contributed by atoms with Gasteiger partial charge in [-0.15, -0.1) is 0 Å². The highest BCUT2D eigenvalue weighted by molar-refractivity contribution is 5.95. The highest BCUT2D eigenvalue weighted by Gasteiger charge is 2.11. The number of carbonyl (C=O) groups excluding carboxylic acids is 3. The van der Waals surface area contributed by atoms with Gasteiger partial charge in [-0.1, -0.05) is 43.3 Å². The summed E-state index contributed by atoms with van der Waals surface area (Å²) in [6.45, 7) is 5.37. The van der Waals surface area contributed by atoms with Crippen molar-refractivity contribution < 1.29 is 19.1 Å². The predicted octanol–water partition coefficient (Wildman–Crippen LogP) is 2.71. The Morgan fingerprint density at radius 1 is 0.964 bits per heavy atom. The molecule has 6 nitrogen and oxygen atoms in total. The molecule has 0 atom stereocenters. The van der Waals surface area contributed by atoms with Crippen LogP contribution in [-0.4, -0.2) is 30.9 Å². The molecule has 148 valence electrons. The third-order valence-electron chi connectivity index (χ3n) is 4.40. The van der Waals surface area contributed by atoms with Crippen LogP contribution in [0.3, 0.4) is 0 Å². The summed E-state index contributed by atoms with van der Waals surface area (Å²) in [5.41, 5.74) is 4.82. The van der Waals surface area contributed by atoms with E-state index in [1.165, 1.54) is 0 Å². The van der Waals surface area contributed by atoms with Crippen LogP contribution < -0.4 is 10.6 Å². The van der Waals surface area contributed by atoms with Crippen LogP contribution in [0.4, 0.5) is 5.69 Å². The zero-order valence-corrected chi connectivity index (χ0v) is 16.5. The topological polar surface area (TPSA) is 84.5 Å². The summed E-state index contributed by atoms with van der Waals surface area (Å²) in [4.78, 5) is 35.7. The first-order chi connectivity index (χ1) is 13.4. The second kappa shape index (κ2) is 10.3. The molecule has 0 aliphatic heterocycles. The lowest BCUT2D eigenvalue weighted by Gasteiger charge is -2.10. The van der Waals surface area contributed by atoms with Gasteiger partial charge in [-0.05, 0) is 48.6 Å². The lowest BCUT2D eigenvalue weighted by Crippen LogP contribution is -2.35. The second-order valence-electron chi connectivity index (χ2n) is 6.59. The van der Waals surface area contributed by atoms with Crippen molar-refractivity contribution in [3.8, 4) is 0 Å². The van der Waals surface area contributed by atoms with E-state index in [1.54, 1.807) is 0 Å². The van der Waals surface area contributed by atoms with Gasteiger partial charge in [0.2, 0.25) is 5.91 Å². The lowest BCUT2D eigenvalue weighted by molar-refractivity contribution is -0.147. The molecule has 2 aromatic rings. The van der Waals surface area contributed by atoms with Gasteiger partial charge in [-0.3, -0.25) is 14.4 Å². The number of esters is 1. The van der Waals surface area contributed by atoms with E-state index in [4.69, 9.17) is 4.74 Å². The molecule has 0 radical (unpaired) electrons. The van der Waals surface area contributed by atoms with Crippen LogP contribution in [0.2, 0.25) is 0 Å². The van der Waals surface area contributed by atoms with E-state index < -0.39 is 18.5 Å². The molecule has 28 heavy (non-hydrogen) atoms. The Hall–Kier alpha value is -3.15. The zero-order chi connectivity index (χ0) is 20.5. The van der Waals surface area contributed by atoms with E-state index in [0.29, 0.717) is 0 Å². The Balaban J connectivity index is 1.72. The molecular formula is C22H26N2O4. The lowest BCUT2D eigenvalue weighted by atomic mass is 10.0. The third kappa shape index (κ3) is 6.54. The standard InChI is InChI=1S/C22H26N2O4/c1-4-18-7-5-6-8-19(18)24-20(25)13-23-21(26)14-28-22(27)12-17-10-9-15(2)16(3)11-17/h5-11H,4,12-14H2,1-3H3,(H,23,26)(H,24,25). The first kappa shape index (κ1) is 21.2.